The number of anilines is 1. The molecule has 0 fully saturated rings. The molecule has 178 valence electrons. The van der Waals surface area contributed by atoms with Crippen LogP contribution in [0.3, 0.4) is 0 Å². The van der Waals surface area contributed by atoms with Crippen molar-refractivity contribution in [2.75, 3.05) is 5.32 Å². The van der Waals surface area contributed by atoms with Crippen molar-refractivity contribution in [1.29, 1.82) is 0 Å². The maximum Gasteiger partial charge on any atom is 0.224 e. The SMILES string of the molecule is CC(=O)c1ccc(-c2ccc3nc(-c4ccccc4)c(CCC(=O)Nc4ccccc4F)n3c2)cc1. The molecule has 0 aliphatic rings. The quantitative estimate of drug-likeness (QED) is 0.269. The average Bonchev–Trinajstić information content (AvgIpc) is 3.27. The van der Waals surface area contributed by atoms with Crippen molar-refractivity contribution in [3.63, 3.8) is 0 Å². The van der Waals surface area contributed by atoms with Crippen LogP contribution in [-0.2, 0) is 11.2 Å². The largest absolute Gasteiger partial charge is 0.324 e. The van der Waals surface area contributed by atoms with Gasteiger partial charge in [-0.05, 0) is 48.7 Å². The van der Waals surface area contributed by atoms with Gasteiger partial charge in [0, 0.05) is 23.7 Å². The molecule has 0 atom stereocenters. The second-order valence-electron chi connectivity index (χ2n) is 8.58. The first-order valence-electron chi connectivity index (χ1n) is 11.7. The maximum absolute atomic E-state index is 14.0. The lowest BCUT2D eigenvalue weighted by molar-refractivity contribution is -0.116. The number of fused-ring (bicyclic) bond motifs is 1. The molecule has 5 nitrogen and oxygen atoms in total. The molecule has 0 saturated carbocycles. The van der Waals surface area contributed by atoms with E-state index >= 15 is 0 Å². The Hall–Kier alpha value is -4.58. The van der Waals surface area contributed by atoms with Crippen LogP contribution in [0.5, 0.6) is 0 Å². The summed E-state index contributed by atoms with van der Waals surface area (Å²) in [6.45, 7) is 1.55. The first-order chi connectivity index (χ1) is 17.5. The van der Waals surface area contributed by atoms with Gasteiger partial charge in [-0.1, -0.05) is 66.7 Å². The van der Waals surface area contributed by atoms with E-state index in [1.54, 1.807) is 25.1 Å². The lowest BCUT2D eigenvalue weighted by atomic mass is 10.0. The number of hydrogen-bond donors (Lipinski definition) is 1. The van der Waals surface area contributed by atoms with Gasteiger partial charge in [-0.2, -0.15) is 0 Å². The van der Waals surface area contributed by atoms with E-state index in [-0.39, 0.29) is 23.8 Å². The summed E-state index contributed by atoms with van der Waals surface area (Å²) >= 11 is 0. The minimum atomic E-state index is -0.467. The Bertz CT molecular complexity index is 1560. The molecule has 0 saturated heterocycles. The third-order valence-electron chi connectivity index (χ3n) is 6.13. The average molecular weight is 478 g/mol. The number of imidazole rings is 1. The highest BCUT2D eigenvalue weighted by Gasteiger charge is 2.17. The van der Waals surface area contributed by atoms with E-state index in [2.05, 4.69) is 5.32 Å². The minimum absolute atomic E-state index is 0.0232. The summed E-state index contributed by atoms with van der Waals surface area (Å²) in [6, 6.07) is 27.4. The lowest BCUT2D eigenvalue weighted by Gasteiger charge is -2.09. The number of nitrogens with zero attached hydrogens (tertiary/aromatic N) is 2. The van der Waals surface area contributed by atoms with Gasteiger partial charge in [-0.25, -0.2) is 9.37 Å². The number of Topliss-reactive ketones (excluding diaryl/α,β-unsaturated/α-hetero) is 1. The number of carbonyl (C=O) groups excluding carboxylic acids is 2. The third-order valence-corrected chi connectivity index (χ3v) is 6.13. The topological polar surface area (TPSA) is 63.5 Å². The summed E-state index contributed by atoms with van der Waals surface area (Å²) in [6.07, 6.45) is 2.58. The second kappa shape index (κ2) is 9.96. The number of carbonyl (C=O) groups is 2. The molecular formula is C30H24FN3O2. The van der Waals surface area contributed by atoms with Gasteiger partial charge in [-0.3, -0.25) is 9.59 Å². The van der Waals surface area contributed by atoms with E-state index in [1.165, 1.54) is 6.07 Å². The monoisotopic (exact) mass is 477 g/mol. The molecule has 1 N–H and O–H groups in total. The number of amides is 1. The fraction of sp³-hybridized carbons (Fsp3) is 0.100. The van der Waals surface area contributed by atoms with Crippen molar-refractivity contribution in [3.8, 4) is 22.4 Å². The van der Waals surface area contributed by atoms with Crippen molar-refractivity contribution in [2.24, 2.45) is 0 Å². The van der Waals surface area contributed by atoms with Crippen LogP contribution in [0.4, 0.5) is 10.1 Å². The summed E-state index contributed by atoms with van der Waals surface area (Å²) < 4.78 is 16.0. The molecule has 0 bridgehead atoms. The highest BCUT2D eigenvalue weighted by Crippen LogP contribution is 2.28. The Morgan fingerprint density at radius 1 is 0.833 bits per heavy atom. The Morgan fingerprint density at radius 3 is 2.25 bits per heavy atom. The van der Waals surface area contributed by atoms with Gasteiger partial charge in [0.25, 0.3) is 0 Å². The van der Waals surface area contributed by atoms with Crippen LogP contribution in [0.15, 0.2) is 97.2 Å². The van der Waals surface area contributed by atoms with E-state index in [9.17, 15) is 14.0 Å². The zero-order valence-electron chi connectivity index (χ0n) is 19.7. The molecule has 0 radical (unpaired) electrons. The summed E-state index contributed by atoms with van der Waals surface area (Å²) in [7, 11) is 0. The molecular weight excluding hydrogens is 453 g/mol. The third kappa shape index (κ3) is 4.79. The summed E-state index contributed by atoms with van der Waals surface area (Å²) in [5.41, 5.74) is 6.18. The number of ketones is 1. The van der Waals surface area contributed by atoms with E-state index in [4.69, 9.17) is 4.98 Å². The van der Waals surface area contributed by atoms with E-state index < -0.39 is 5.82 Å². The van der Waals surface area contributed by atoms with Gasteiger partial charge >= 0.3 is 0 Å². The van der Waals surface area contributed by atoms with E-state index in [1.807, 2.05) is 77.3 Å². The Balaban J connectivity index is 1.50. The first-order valence-corrected chi connectivity index (χ1v) is 11.7. The number of hydrogen-bond acceptors (Lipinski definition) is 3. The van der Waals surface area contributed by atoms with E-state index in [0.717, 1.165) is 33.7 Å². The van der Waals surface area contributed by atoms with Crippen molar-refractivity contribution < 1.29 is 14.0 Å². The van der Waals surface area contributed by atoms with E-state index in [0.29, 0.717) is 12.0 Å². The Kier molecular flexibility index (Phi) is 6.41. The molecule has 36 heavy (non-hydrogen) atoms. The summed E-state index contributed by atoms with van der Waals surface area (Å²) in [5, 5.41) is 2.66. The molecule has 0 aliphatic heterocycles. The minimum Gasteiger partial charge on any atom is -0.324 e. The number of rotatable bonds is 7. The van der Waals surface area contributed by atoms with Gasteiger partial charge in [0.1, 0.15) is 11.5 Å². The molecule has 5 aromatic rings. The molecule has 0 aliphatic carbocycles. The smallest absolute Gasteiger partial charge is 0.224 e. The fourth-order valence-electron chi connectivity index (χ4n) is 4.23. The van der Waals surface area contributed by atoms with Gasteiger partial charge in [-0.15, -0.1) is 0 Å². The predicted molar refractivity (Wildman–Crippen MR) is 139 cm³/mol. The van der Waals surface area contributed by atoms with Crippen molar-refractivity contribution in [3.05, 3.63) is 114 Å². The zero-order valence-corrected chi connectivity index (χ0v) is 19.7. The molecule has 0 unspecified atom stereocenters. The van der Waals surface area contributed by atoms with Crippen LogP contribution in [0.2, 0.25) is 0 Å². The fourth-order valence-corrected chi connectivity index (χ4v) is 4.23. The number of aryl methyl sites for hydroxylation is 1. The lowest BCUT2D eigenvalue weighted by Crippen LogP contribution is -2.14. The summed E-state index contributed by atoms with van der Waals surface area (Å²) in [5.74, 6) is -0.717. The predicted octanol–water partition coefficient (Wildman–Crippen LogP) is 6.58. The highest BCUT2D eigenvalue weighted by atomic mass is 19.1. The number of nitrogens with one attached hydrogen (secondary N) is 1. The normalized spacial score (nSPS) is 10.9. The molecule has 6 heteroatoms. The number of aromatic nitrogens is 2. The number of pyridine rings is 1. The molecule has 3 aromatic carbocycles. The highest BCUT2D eigenvalue weighted by molar-refractivity contribution is 5.94. The second-order valence-corrected chi connectivity index (χ2v) is 8.58. The molecule has 0 spiro atoms. The molecule has 5 rings (SSSR count). The summed E-state index contributed by atoms with van der Waals surface area (Å²) in [4.78, 5) is 29.2. The maximum atomic E-state index is 14.0. The number of halogens is 1. The van der Waals surface area contributed by atoms with Crippen LogP contribution in [0.1, 0.15) is 29.4 Å². The Morgan fingerprint density at radius 2 is 1.53 bits per heavy atom. The molecule has 1 amide bonds. The Labute approximate surface area is 208 Å². The van der Waals surface area contributed by atoms with Crippen LogP contribution in [0, 0.1) is 5.82 Å². The van der Waals surface area contributed by atoms with Crippen molar-refractivity contribution in [2.45, 2.75) is 19.8 Å². The number of benzene rings is 3. The molecule has 2 heterocycles. The van der Waals surface area contributed by atoms with Gasteiger partial charge in [0.05, 0.1) is 17.1 Å². The van der Waals surface area contributed by atoms with Crippen LogP contribution in [-0.4, -0.2) is 21.1 Å². The van der Waals surface area contributed by atoms with Gasteiger partial charge < -0.3 is 9.72 Å². The first kappa shape index (κ1) is 23.2. The zero-order chi connectivity index (χ0) is 25.1. The van der Waals surface area contributed by atoms with Crippen LogP contribution < -0.4 is 5.32 Å². The molecule has 2 aromatic heterocycles. The van der Waals surface area contributed by atoms with Crippen LogP contribution >= 0.6 is 0 Å². The van der Waals surface area contributed by atoms with Gasteiger partial charge in [0.2, 0.25) is 5.91 Å². The van der Waals surface area contributed by atoms with Crippen molar-refractivity contribution >= 4 is 23.0 Å². The van der Waals surface area contributed by atoms with Gasteiger partial charge in [0.15, 0.2) is 5.78 Å². The standard InChI is InChI=1S/C30H24FN3O2/c1-20(35)21-11-13-22(14-12-21)24-15-17-28-33-30(23-7-3-2-4-8-23)27(34(28)19-24)16-18-29(36)32-26-10-6-5-9-25(26)31/h2-15,17,19H,16,18H2,1H3,(H,32,36). The van der Waals surface area contributed by atoms with Crippen LogP contribution in [0.25, 0.3) is 28.0 Å². The number of para-hydroxylation sites is 1. The van der Waals surface area contributed by atoms with Crippen molar-refractivity contribution in [1.82, 2.24) is 9.38 Å².